The van der Waals surface area contributed by atoms with Gasteiger partial charge in [-0.25, -0.2) is 0 Å². The summed E-state index contributed by atoms with van der Waals surface area (Å²) in [6, 6.07) is 2.05. The molecule has 1 aliphatic heterocycles. The van der Waals surface area contributed by atoms with Gasteiger partial charge >= 0.3 is 0 Å². The van der Waals surface area contributed by atoms with E-state index in [4.69, 9.17) is 5.26 Å². The van der Waals surface area contributed by atoms with Crippen LogP contribution in [0.25, 0.3) is 0 Å². The van der Waals surface area contributed by atoms with Gasteiger partial charge in [0, 0.05) is 25.8 Å². The molecule has 0 radical (unpaired) electrons. The Morgan fingerprint density at radius 2 is 1.93 bits per heavy atom. The van der Waals surface area contributed by atoms with Crippen LogP contribution in [-0.2, 0) is 9.59 Å². The van der Waals surface area contributed by atoms with Crippen molar-refractivity contribution in [3.8, 4) is 6.07 Å². The van der Waals surface area contributed by atoms with E-state index in [2.05, 4.69) is 0 Å². The van der Waals surface area contributed by atoms with Crippen LogP contribution in [0.4, 0.5) is 0 Å². The third kappa shape index (κ3) is 3.35. The Morgan fingerprint density at radius 1 is 1.33 bits per heavy atom. The largest absolute Gasteiger partial charge is 0.283 e. The smallest absolute Gasteiger partial charge is 0.229 e. The monoisotopic (exact) mass is 208 g/mol. The zero-order chi connectivity index (χ0) is 11.3. The minimum Gasteiger partial charge on any atom is -0.283 e. The predicted octanol–water partition coefficient (Wildman–Crippen LogP) is 1.47. The Bertz CT molecular complexity index is 275. The molecule has 2 amide bonds. The molecule has 82 valence electrons. The van der Waals surface area contributed by atoms with E-state index < -0.39 is 0 Å². The number of imide groups is 1. The summed E-state index contributed by atoms with van der Waals surface area (Å²) in [5, 5.41) is 8.34. The van der Waals surface area contributed by atoms with Crippen molar-refractivity contribution in [1.29, 1.82) is 5.26 Å². The Morgan fingerprint density at radius 3 is 2.47 bits per heavy atom. The highest BCUT2D eigenvalue weighted by atomic mass is 16.2. The number of likely N-dealkylation sites (tertiary alicyclic amines) is 1. The summed E-state index contributed by atoms with van der Waals surface area (Å²) in [7, 11) is 0. The van der Waals surface area contributed by atoms with E-state index in [1.54, 1.807) is 0 Å². The first-order valence-electron chi connectivity index (χ1n) is 5.35. The van der Waals surface area contributed by atoms with Crippen LogP contribution in [0, 0.1) is 17.2 Å². The molecule has 1 heterocycles. The Kier molecular flexibility index (Phi) is 4.29. The number of carbonyl (C=O) groups is 2. The molecular weight excluding hydrogens is 192 g/mol. The van der Waals surface area contributed by atoms with Crippen LogP contribution in [0.15, 0.2) is 0 Å². The first-order chi connectivity index (χ1) is 7.15. The minimum atomic E-state index is -0.0595. The second-order valence-electron chi connectivity index (χ2n) is 4.07. The molecule has 0 N–H and O–H groups in total. The predicted molar refractivity (Wildman–Crippen MR) is 54.6 cm³/mol. The van der Waals surface area contributed by atoms with Crippen LogP contribution in [0.3, 0.4) is 0 Å². The van der Waals surface area contributed by atoms with Crippen molar-refractivity contribution in [2.24, 2.45) is 5.92 Å². The van der Waals surface area contributed by atoms with Crippen LogP contribution in [0.5, 0.6) is 0 Å². The molecule has 1 aliphatic rings. The number of nitrogens with zero attached hydrogens (tertiary/aromatic N) is 2. The highest BCUT2D eigenvalue weighted by Crippen LogP contribution is 2.19. The van der Waals surface area contributed by atoms with E-state index in [1.165, 1.54) is 4.90 Å². The van der Waals surface area contributed by atoms with Crippen LogP contribution in [0.2, 0.25) is 0 Å². The average Bonchev–Trinajstić information content (AvgIpc) is 2.15. The molecule has 0 unspecified atom stereocenters. The van der Waals surface area contributed by atoms with E-state index in [0.717, 1.165) is 12.8 Å². The molecule has 0 spiro atoms. The van der Waals surface area contributed by atoms with Gasteiger partial charge in [0.2, 0.25) is 11.8 Å². The maximum atomic E-state index is 11.5. The molecular formula is C11H16N2O2. The maximum Gasteiger partial charge on any atom is 0.229 e. The summed E-state index contributed by atoms with van der Waals surface area (Å²) in [5.41, 5.74) is 0. The van der Waals surface area contributed by atoms with Gasteiger partial charge < -0.3 is 0 Å². The summed E-state index contributed by atoms with van der Waals surface area (Å²) in [4.78, 5) is 24.4. The highest BCUT2D eigenvalue weighted by Gasteiger charge is 2.29. The SMILES string of the molecule is CC1CC(=O)N(CCCCC#N)C(=O)C1. The molecule has 0 saturated carbocycles. The second kappa shape index (κ2) is 5.50. The number of nitriles is 1. The zero-order valence-electron chi connectivity index (χ0n) is 9.03. The Labute approximate surface area is 89.9 Å². The van der Waals surface area contributed by atoms with E-state index in [0.29, 0.717) is 25.8 Å². The number of rotatable bonds is 4. The topological polar surface area (TPSA) is 61.2 Å². The van der Waals surface area contributed by atoms with Gasteiger partial charge in [-0.2, -0.15) is 5.26 Å². The summed E-state index contributed by atoms with van der Waals surface area (Å²) in [6.45, 7) is 2.40. The van der Waals surface area contributed by atoms with E-state index in [1.807, 2.05) is 13.0 Å². The number of amides is 2. The normalized spacial score (nSPS) is 18.0. The average molecular weight is 208 g/mol. The number of hydrogen-bond donors (Lipinski definition) is 0. The van der Waals surface area contributed by atoms with Gasteiger partial charge in [0.25, 0.3) is 0 Å². The number of piperidine rings is 1. The van der Waals surface area contributed by atoms with Crippen molar-refractivity contribution < 1.29 is 9.59 Å². The van der Waals surface area contributed by atoms with Gasteiger partial charge in [-0.05, 0) is 18.8 Å². The maximum absolute atomic E-state index is 11.5. The van der Waals surface area contributed by atoms with E-state index >= 15 is 0 Å². The molecule has 0 atom stereocenters. The van der Waals surface area contributed by atoms with Crippen LogP contribution < -0.4 is 0 Å². The first kappa shape index (κ1) is 11.7. The van der Waals surface area contributed by atoms with Crippen LogP contribution in [-0.4, -0.2) is 23.3 Å². The second-order valence-corrected chi connectivity index (χ2v) is 4.07. The van der Waals surface area contributed by atoms with Crippen molar-refractivity contribution in [3.05, 3.63) is 0 Å². The molecule has 0 aromatic rings. The van der Waals surface area contributed by atoms with Crippen LogP contribution in [0.1, 0.15) is 39.0 Å². The standard InChI is InChI=1S/C11H16N2O2/c1-9-7-10(14)13(11(15)8-9)6-4-2-3-5-12/h9H,2-4,6-8H2,1H3. The molecule has 1 rings (SSSR count). The molecule has 0 aromatic heterocycles. The summed E-state index contributed by atoms with van der Waals surface area (Å²) < 4.78 is 0. The van der Waals surface area contributed by atoms with Gasteiger partial charge in [-0.15, -0.1) is 0 Å². The van der Waals surface area contributed by atoms with Crippen molar-refractivity contribution in [2.75, 3.05) is 6.54 Å². The molecule has 0 bridgehead atoms. The highest BCUT2D eigenvalue weighted by molar-refractivity contribution is 5.97. The molecule has 0 aromatic carbocycles. The molecule has 1 fully saturated rings. The molecule has 4 nitrogen and oxygen atoms in total. The number of carbonyl (C=O) groups excluding carboxylic acids is 2. The van der Waals surface area contributed by atoms with Gasteiger partial charge in [0.05, 0.1) is 6.07 Å². The minimum absolute atomic E-state index is 0.0595. The van der Waals surface area contributed by atoms with Crippen molar-refractivity contribution in [1.82, 2.24) is 4.90 Å². The number of unbranched alkanes of at least 4 members (excludes halogenated alkanes) is 2. The summed E-state index contributed by atoms with van der Waals surface area (Å²) in [5.74, 6) is 0.0618. The van der Waals surface area contributed by atoms with Crippen molar-refractivity contribution in [3.63, 3.8) is 0 Å². The van der Waals surface area contributed by atoms with Gasteiger partial charge in [-0.3, -0.25) is 14.5 Å². The fraction of sp³-hybridized carbons (Fsp3) is 0.727. The lowest BCUT2D eigenvalue weighted by Crippen LogP contribution is -2.43. The number of hydrogen-bond acceptors (Lipinski definition) is 3. The van der Waals surface area contributed by atoms with Crippen LogP contribution >= 0.6 is 0 Å². The van der Waals surface area contributed by atoms with Crippen molar-refractivity contribution in [2.45, 2.75) is 39.0 Å². The lowest BCUT2D eigenvalue weighted by molar-refractivity contribution is -0.149. The van der Waals surface area contributed by atoms with Gasteiger partial charge in [-0.1, -0.05) is 6.92 Å². The summed E-state index contributed by atoms with van der Waals surface area (Å²) >= 11 is 0. The van der Waals surface area contributed by atoms with E-state index in [9.17, 15) is 9.59 Å². The zero-order valence-corrected chi connectivity index (χ0v) is 9.03. The lowest BCUT2D eigenvalue weighted by atomic mass is 9.97. The lowest BCUT2D eigenvalue weighted by Gasteiger charge is -2.28. The first-order valence-corrected chi connectivity index (χ1v) is 5.35. The molecule has 15 heavy (non-hydrogen) atoms. The fourth-order valence-electron chi connectivity index (χ4n) is 1.75. The fourth-order valence-corrected chi connectivity index (χ4v) is 1.75. The molecule has 0 aliphatic carbocycles. The Hall–Kier alpha value is -1.37. The van der Waals surface area contributed by atoms with Gasteiger partial charge in [0.15, 0.2) is 0 Å². The summed E-state index contributed by atoms with van der Waals surface area (Å²) in [6.07, 6.45) is 2.93. The third-order valence-electron chi connectivity index (χ3n) is 2.57. The third-order valence-corrected chi connectivity index (χ3v) is 2.57. The van der Waals surface area contributed by atoms with Crippen molar-refractivity contribution >= 4 is 11.8 Å². The Balaban J connectivity index is 2.37. The van der Waals surface area contributed by atoms with E-state index in [-0.39, 0.29) is 17.7 Å². The molecule has 4 heteroatoms. The van der Waals surface area contributed by atoms with Gasteiger partial charge in [0.1, 0.15) is 0 Å². The quantitative estimate of drug-likeness (QED) is 0.519. The molecule has 1 saturated heterocycles.